The summed E-state index contributed by atoms with van der Waals surface area (Å²) in [6, 6.07) is 15.7. The number of carbonyl (C=O) groups is 3. The first kappa shape index (κ1) is 33.4. The smallest absolute Gasteiger partial charge is 0.416 e. The number of fused-ring (bicyclic) bond motifs is 9. The van der Waals surface area contributed by atoms with Gasteiger partial charge in [0.2, 0.25) is 11.8 Å². The van der Waals surface area contributed by atoms with Crippen molar-refractivity contribution in [2.24, 2.45) is 29.6 Å². The molecule has 0 spiro atoms. The van der Waals surface area contributed by atoms with E-state index in [-0.39, 0.29) is 51.8 Å². The molecule has 3 fully saturated rings. The summed E-state index contributed by atoms with van der Waals surface area (Å²) >= 11 is 2.60. The Balaban J connectivity index is 1.10. The Morgan fingerprint density at radius 3 is 2.45 bits per heavy atom. The van der Waals surface area contributed by atoms with Gasteiger partial charge in [0.25, 0.3) is 5.91 Å². The number of hydrogen-bond donors (Lipinski definition) is 3. The summed E-state index contributed by atoms with van der Waals surface area (Å²) in [5.41, 5.74) is 0.273. The van der Waals surface area contributed by atoms with E-state index in [2.05, 4.69) is 10.3 Å². The highest BCUT2D eigenvalue weighted by molar-refractivity contribution is 8.00. The first-order chi connectivity index (χ1) is 24.4. The topological polar surface area (TPSA) is 138 Å². The van der Waals surface area contributed by atoms with Crippen molar-refractivity contribution in [2.45, 2.75) is 35.7 Å². The number of halogens is 3. The number of imide groups is 1. The number of benzene rings is 3. The number of aromatic amines is 1. The van der Waals surface area contributed by atoms with Gasteiger partial charge in [0.1, 0.15) is 5.75 Å². The molecule has 2 bridgehead atoms. The standard InChI is InChI=1S/C36H30F3N3O7S2/c1-2-48-24-12-16(6-11-23(24)49-15-25(44)40-18-7-9-20(43)10-8-18)26-27-21-14-22(30(27)50-32-31(26)51-35(47)41-32)29-28(21)33(45)42(34(29)46)19-5-3-4-17(13-19)36(37,38)39/h3-13,21-22,26-30,43H,2,14-15H2,1H3,(H,40,44)(H,41,47)/t21-,22-,26+,27-,28+,29+,30-/m1/s1. The van der Waals surface area contributed by atoms with Gasteiger partial charge in [-0.1, -0.05) is 23.5 Å². The normalized spacial score (nSPS) is 26.1. The van der Waals surface area contributed by atoms with Crippen LogP contribution in [0.15, 0.2) is 76.6 Å². The van der Waals surface area contributed by atoms with Crippen LogP contribution in [0.4, 0.5) is 24.5 Å². The molecule has 4 aromatic rings. The second kappa shape index (κ2) is 12.5. The fourth-order valence-electron chi connectivity index (χ4n) is 8.46. The number of aromatic nitrogens is 1. The van der Waals surface area contributed by atoms with Gasteiger partial charge in [-0.15, -0.1) is 11.8 Å². The number of thioether (sulfide) groups is 1. The minimum Gasteiger partial charge on any atom is -0.508 e. The lowest BCUT2D eigenvalue weighted by Crippen LogP contribution is -2.42. The Kier molecular flexibility index (Phi) is 8.17. The van der Waals surface area contributed by atoms with Crippen molar-refractivity contribution in [3.63, 3.8) is 0 Å². The fourth-order valence-corrected chi connectivity index (χ4v) is 11.3. The maximum Gasteiger partial charge on any atom is 0.416 e. The van der Waals surface area contributed by atoms with Gasteiger partial charge in [0.05, 0.1) is 34.7 Å². The molecule has 15 heteroatoms. The number of aromatic hydroxyl groups is 1. The zero-order valence-corrected chi connectivity index (χ0v) is 28.4. The van der Waals surface area contributed by atoms with Crippen LogP contribution in [-0.2, 0) is 20.6 Å². The average molecular weight is 738 g/mol. The lowest BCUT2D eigenvalue weighted by atomic mass is 9.68. The third-order valence-electron chi connectivity index (χ3n) is 10.3. The second-order valence-corrected chi connectivity index (χ2v) is 15.2. The summed E-state index contributed by atoms with van der Waals surface area (Å²) in [6.45, 7) is 1.79. The molecule has 3 heterocycles. The highest BCUT2D eigenvalue weighted by Gasteiger charge is 2.69. The molecule has 8 rings (SSSR count). The summed E-state index contributed by atoms with van der Waals surface area (Å²) in [7, 11) is 0. The molecule has 3 N–H and O–H groups in total. The van der Waals surface area contributed by atoms with E-state index in [1.165, 1.54) is 36.0 Å². The molecule has 3 amide bonds. The van der Waals surface area contributed by atoms with Gasteiger partial charge >= 0.3 is 11.0 Å². The molecule has 0 radical (unpaired) electrons. The summed E-state index contributed by atoms with van der Waals surface area (Å²) in [5, 5.41) is 12.8. The first-order valence-electron chi connectivity index (χ1n) is 16.4. The number of nitrogens with zero attached hydrogens (tertiary/aromatic N) is 1. The van der Waals surface area contributed by atoms with Crippen molar-refractivity contribution >= 4 is 52.2 Å². The van der Waals surface area contributed by atoms with Gasteiger partial charge in [-0.05, 0) is 91.3 Å². The monoisotopic (exact) mass is 737 g/mol. The van der Waals surface area contributed by atoms with Crippen LogP contribution < -0.4 is 24.6 Å². The highest BCUT2D eigenvalue weighted by Crippen LogP contribution is 2.69. The van der Waals surface area contributed by atoms with E-state index in [1.807, 2.05) is 19.1 Å². The molecule has 4 aliphatic rings. The second-order valence-electron chi connectivity index (χ2n) is 13.0. The molecule has 2 aliphatic heterocycles. The first-order valence-corrected chi connectivity index (χ1v) is 18.1. The van der Waals surface area contributed by atoms with Gasteiger partial charge in [-0.2, -0.15) is 13.2 Å². The molecule has 1 saturated heterocycles. The molecule has 10 nitrogen and oxygen atoms in total. The Hall–Kier alpha value is -4.76. The van der Waals surface area contributed by atoms with Gasteiger partial charge in [-0.25, -0.2) is 0 Å². The van der Waals surface area contributed by atoms with Crippen LogP contribution in [0.1, 0.15) is 35.3 Å². The minimum absolute atomic E-state index is 0.0679. The van der Waals surface area contributed by atoms with Crippen LogP contribution in [0.25, 0.3) is 0 Å². The van der Waals surface area contributed by atoms with Crippen molar-refractivity contribution in [3.05, 3.63) is 92.4 Å². The van der Waals surface area contributed by atoms with E-state index < -0.39 is 41.3 Å². The Morgan fingerprint density at radius 1 is 0.980 bits per heavy atom. The number of phenolic OH excluding ortho intramolecular Hbond substituents is 1. The molecule has 264 valence electrons. The van der Waals surface area contributed by atoms with Crippen molar-refractivity contribution in [1.29, 1.82) is 0 Å². The van der Waals surface area contributed by atoms with Crippen LogP contribution in [0.3, 0.4) is 0 Å². The van der Waals surface area contributed by atoms with Crippen LogP contribution in [0.2, 0.25) is 0 Å². The number of thiazole rings is 1. The molecular weight excluding hydrogens is 708 g/mol. The predicted octanol–water partition coefficient (Wildman–Crippen LogP) is 6.25. The van der Waals surface area contributed by atoms with Gasteiger partial charge < -0.3 is 24.9 Å². The molecular formula is C36H30F3N3O7S2. The summed E-state index contributed by atoms with van der Waals surface area (Å²) in [4.78, 5) is 57.8. The fraction of sp³-hybridized carbons (Fsp3) is 0.333. The SMILES string of the molecule is CCOc1cc([C@@H]2c3sc(=O)[nH]c3S[C@@H]3[C@@H]4C[C@@H]([C@@H]5C(=O)N(c6cccc(C(F)(F)F)c6)C(=O)[C@@H]45)[C@H]23)ccc1OCC(=O)Nc1ccc(O)cc1. The third-order valence-corrected chi connectivity index (χ3v) is 12.9. The van der Waals surface area contributed by atoms with E-state index in [9.17, 15) is 37.5 Å². The van der Waals surface area contributed by atoms with E-state index in [0.717, 1.165) is 38.8 Å². The number of rotatable bonds is 8. The number of hydrogen-bond acceptors (Lipinski definition) is 9. The van der Waals surface area contributed by atoms with Gasteiger partial charge in [0.15, 0.2) is 18.1 Å². The van der Waals surface area contributed by atoms with E-state index in [4.69, 9.17) is 9.47 Å². The number of anilines is 2. The Labute approximate surface area is 297 Å². The predicted molar refractivity (Wildman–Crippen MR) is 182 cm³/mol. The molecule has 51 heavy (non-hydrogen) atoms. The molecule has 3 aromatic carbocycles. The zero-order valence-electron chi connectivity index (χ0n) is 26.8. The average Bonchev–Trinajstić information content (AvgIpc) is 3.83. The highest BCUT2D eigenvalue weighted by atomic mass is 32.2. The minimum atomic E-state index is -4.63. The number of nitrogens with one attached hydrogen (secondary N) is 2. The summed E-state index contributed by atoms with van der Waals surface area (Å²) < 4.78 is 52.5. The van der Waals surface area contributed by atoms with Crippen LogP contribution >= 0.6 is 23.1 Å². The number of H-pyrrole nitrogens is 1. The van der Waals surface area contributed by atoms with Crippen LogP contribution in [-0.4, -0.2) is 46.3 Å². The largest absolute Gasteiger partial charge is 0.508 e. The van der Waals surface area contributed by atoms with E-state index >= 15 is 0 Å². The maximum atomic E-state index is 14.0. The lowest BCUT2D eigenvalue weighted by Gasteiger charge is -2.43. The van der Waals surface area contributed by atoms with Crippen molar-refractivity contribution < 1.29 is 42.1 Å². The number of carbonyl (C=O) groups excluding carboxylic acids is 3. The number of amides is 3. The third kappa shape index (κ3) is 5.66. The van der Waals surface area contributed by atoms with Crippen molar-refractivity contribution in [3.8, 4) is 17.2 Å². The molecule has 7 atom stereocenters. The quantitative estimate of drug-likeness (QED) is 0.143. The number of phenols is 1. The van der Waals surface area contributed by atoms with Crippen LogP contribution in [0, 0.1) is 29.6 Å². The molecule has 2 aliphatic carbocycles. The molecule has 1 aromatic heterocycles. The van der Waals surface area contributed by atoms with Gasteiger partial charge in [0, 0.05) is 21.7 Å². The number of alkyl halides is 3. The number of ether oxygens (including phenoxy) is 2. The van der Waals surface area contributed by atoms with E-state index in [0.29, 0.717) is 35.2 Å². The Bertz CT molecular complexity index is 2120. The van der Waals surface area contributed by atoms with Gasteiger partial charge in [-0.3, -0.25) is 24.1 Å². The van der Waals surface area contributed by atoms with Crippen LogP contribution in [0.5, 0.6) is 17.2 Å². The lowest BCUT2D eigenvalue weighted by molar-refractivity contribution is -0.137. The van der Waals surface area contributed by atoms with E-state index in [1.54, 1.807) is 18.2 Å². The summed E-state index contributed by atoms with van der Waals surface area (Å²) in [6.07, 6.45) is -4.03. The van der Waals surface area contributed by atoms with Crippen molar-refractivity contribution in [1.82, 2.24) is 4.98 Å². The molecule has 0 unspecified atom stereocenters. The zero-order chi connectivity index (χ0) is 35.8. The maximum absolute atomic E-state index is 14.0. The van der Waals surface area contributed by atoms with Crippen molar-refractivity contribution in [2.75, 3.05) is 23.4 Å². The molecule has 2 saturated carbocycles. The summed E-state index contributed by atoms with van der Waals surface area (Å²) in [5.74, 6) is -2.95. The Morgan fingerprint density at radius 2 is 1.73 bits per heavy atom.